The number of anilines is 3. The average Bonchev–Trinajstić information content (AvgIpc) is 3.15. The van der Waals surface area contributed by atoms with Crippen LogP contribution < -0.4 is 15.9 Å². The number of benzene rings is 1. The fraction of sp³-hybridized carbons (Fsp3) is 0.462. The van der Waals surface area contributed by atoms with Crippen LogP contribution in [0.3, 0.4) is 0 Å². The molecule has 2 heterocycles. The molecule has 10 heteroatoms. The molecule has 1 aromatic rings. The summed E-state index contributed by atoms with van der Waals surface area (Å²) in [7, 11) is -0.585. The standard InChI is InChI=1S/C13H17N5O3S2/c1-17(2)23(19,20)11-4-3-10(12-13(11)16-21-15-12)18-6-5-9(7-18)14-8-22/h3-4,9,15-16H,5-7H2,1-2H3. The van der Waals surface area contributed by atoms with Gasteiger partial charge >= 0.3 is 0 Å². The highest BCUT2D eigenvalue weighted by atomic mass is 32.2. The summed E-state index contributed by atoms with van der Waals surface area (Å²) in [6.07, 6.45) is 0.879. The molecule has 0 bridgehead atoms. The minimum Gasteiger partial charge on any atom is -0.367 e. The second-order valence-corrected chi connectivity index (χ2v) is 7.84. The Morgan fingerprint density at radius 3 is 2.83 bits per heavy atom. The zero-order chi connectivity index (χ0) is 16.6. The molecule has 1 saturated heterocycles. The Hall–Kier alpha value is -1.71. The predicted octanol–water partition coefficient (Wildman–Crippen LogP) is 1.30. The van der Waals surface area contributed by atoms with Crippen LogP contribution in [0.1, 0.15) is 6.42 Å². The van der Waals surface area contributed by atoms with Crippen LogP contribution >= 0.6 is 12.2 Å². The Morgan fingerprint density at radius 2 is 2.13 bits per heavy atom. The Bertz CT molecular complexity index is 774. The third-order valence-electron chi connectivity index (χ3n) is 3.95. The van der Waals surface area contributed by atoms with E-state index in [1.54, 1.807) is 12.1 Å². The lowest BCUT2D eigenvalue weighted by molar-refractivity contribution is 0.281. The smallest absolute Gasteiger partial charge is 0.244 e. The van der Waals surface area contributed by atoms with E-state index in [2.05, 4.69) is 38.2 Å². The number of nitrogens with one attached hydrogen (secondary N) is 2. The first kappa shape index (κ1) is 16.2. The van der Waals surface area contributed by atoms with Crippen LogP contribution in [0.5, 0.6) is 0 Å². The lowest BCUT2D eigenvalue weighted by atomic mass is 10.2. The minimum absolute atomic E-state index is 0.114. The Morgan fingerprint density at radius 1 is 1.39 bits per heavy atom. The van der Waals surface area contributed by atoms with E-state index in [9.17, 15) is 8.42 Å². The van der Waals surface area contributed by atoms with Gasteiger partial charge in [-0.15, -0.1) is 0 Å². The number of fused-ring (bicyclic) bond motifs is 1. The summed E-state index contributed by atoms with van der Waals surface area (Å²) in [6, 6.07) is 3.48. The average molecular weight is 355 g/mol. The zero-order valence-corrected chi connectivity index (χ0v) is 14.4. The lowest BCUT2D eigenvalue weighted by Gasteiger charge is -2.21. The number of hydrogen-bond donors (Lipinski definition) is 2. The third-order valence-corrected chi connectivity index (χ3v) is 5.91. The summed E-state index contributed by atoms with van der Waals surface area (Å²) in [4.78, 5) is 11.5. The first-order chi connectivity index (χ1) is 10.9. The number of aliphatic imine (C=N–C) groups is 1. The SMILES string of the molecule is CN(C)S(=O)(=O)c1ccc(N2CCC(N=C=S)C2)c2c1NON2. The van der Waals surface area contributed by atoms with E-state index in [0.717, 1.165) is 18.7 Å². The summed E-state index contributed by atoms with van der Waals surface area (Å²) in [5, 5.41) is 2.42. The van der Waals surface area contributed by atoms with Gasteiger partial charge < -0.3 is 4.90 Å². The summed E-state index contributed by atoms with van der Waals surface area (Å²) < 4.78 is 26.0. The van der Waals surface area contributed by atoms with Crippen molar-refractivity contribution in [2.75, 3.05) is 43.0 Å². The van der Waals surface area contributed by atoms with Crippen LogP contribution in [0.2, 0.25) is 0 Å². The molecule has 2 aliphatic rings. The topological polar surface area (TPSA) is 86.3 Å². The van der Waals surface area contributed by atoms with Crippen LogP contribution in [0.25, 0.3) is 0 Å². The molecule has 1 unspecified atom stereocenters. The van der Waals surface area contributed by atoms with Crippen molar-refractivity contribution in [2.24, 2.45) is 4.99 Å². The van der Waals surface area contributed by atoms with Gasteiger partial charge in [-0.25, -0.2) is 28.7 Å². The Balaban J connectivity index is 2.00. The van der Waals surface area contributed by atoms with E-state index in [-0.39, 0.29) is 10.9 Å². The number of rotatable bonds is 4. The highest BCUT2D eigenvalue weighted by molar-refractivity contribution is 7.89. The van der Waals surface area contributed by atoms with Crippen molar-refractivity contribution in [3.05, 3.63) is 12.1 Å². The van der Waals surface area contributed by atoms with Crippen LogP contribution in [-0.2, 0) is 15.0 Å². The van der Waals surface area contributed by atoms with Crippen molar-refractivity contribution in [1.29, 1.82) is 0 Å². The van der Waals surface area contributed by atoms with E-state index in [4.69, 9.17) is 4.94 Å². The highest BCUT2D eigenvalue weighted by Gasteiger charge is 2.31. The maximum atomic E-state index is 12.4. The largest absolute Gasteiger partial charge is 0.367 e. The van der Waals surface area contributed by atoms with Gasteiger partial charge in [-0.1, -0.05) is 0 Å². The monoisotopic (exact) mass is 355 g/mol. The number of hydrogen-bond acceptors (Lipinski definition) is 8. The van der Waals surface area contributed by atoms with Gasteiger partial charge in [0.15, 0.2) is 0 Å². The van der Waals surface area contributed by atoms with Gasteiger partial charge in [-0.2, -0.15) is 4.94 Å². The normalized spacial score (nSPS) is 20.0. The van der Waals surface area contributed by atoms with Crippen molar-refractivity contribution in [3.8, 4) is 0 Å². The van der Waals surface area contributed by atoms with Crippen LogP contribution in [0.15, 0.2) is 22.0 Å². The maximum absolute atomic E-state index is 12.4. The predicted molar refractivity (Wildman–Crippen MR) is 91.3 cm³/mol. The lowest BCUT2D eigenvalue weighted by Crippen LogP contribution is -2.24. The van der Waals surface area contributed by atoms with Crippen LogP contribution in [-0.4, -0.2) is 51.1 Å². The molecule has 0 spiro atoms. The van der Waals surface area contributed by atoms with Crippen LogP contribution in [0, 0.1) is 0 Å². The van der Waals surface area contributed by atoms with E-state index in [0.29, 0.717) is 17.9 Å². The Labute approximate surface area is 140 Å². The van der Waals surface area contributed by atoms with Gasteiger partial charge in [0, 0.05) is 27.2 Å². The molecule has 1 atom stereocenters. The molecule has 8 nitrogen and oxygen atoms in total. The van der Waals surface area contributed by atoms with Crippen molar-refractivity contribution in [1.82, 2.24) is 4.31 Å². The van der Waals surface area contributed by atoms with E-state index in [1.165, 1.54) is 18.4 Å². The summed E-state index contributed by atoms with van der Waals surface area (Å²) in [5.41, 5.74) is 7.27. The number of thiocarbonyl (C=S) groups is 1. The van der Waals surface area contributed by atoms with Gasteiger partial charge in [-0.3, -0.25) is 0 Å². The summed E-state index contributed by atoms with van der Waals surface area (Å²) in [5.74, 6) is 0. The molecule has 2 aliphatic heterocycles. The molecule has 0 amide bonds. The van der Waals surface area contributed by atoms with E-state index >= 15 is 0 Å². The Kier molecular flexibility index (Phi) is 4.26. The molecule has 0 saturated carbocycles. The zero-order valence-electron chi connectivity index (χ0n) is 12.7. The molecular weight excluding hydrogens is 338 g/mol. The van der Waals surface area contributed by atoms with Gasteiger partial charge in [0.05, 0.1) is 16.9 Å². The molecule has 0 radical (unpaired) electrons. The van der Waals surface area contributed by atoms with E-state index < -0.39 is 10.0 Å². The maximum Gasteiger partial charge on any atom is 0.244 e. The van der Waals surface area contributed by atoms with Gasteiger partial charge in [0.1, 0.15) is 16.3 Å². The van der Waals surface area contributed by atoms with Gasteiger partial charge in [0.25, 0.3) is 0 Å². The summed E-state index contributed by atoms with van der Waals surface area (Å²) in [6.45, 7) is 1.51. The number of sulfonamides is 1. The highest BCUT2D eigenvalue weighted by Crippen LogP contribution is 2.42. The molecule has 1 fully saturated rings. The molecule has 124 valence electrons. The number of isothiocyanates is 1. The fourth-order valence-electron chi connectivity index (χ4n) is 2.72. The number of nitrogens with zero attached hydrogens (tertiary/aromatic N) is 3. The molecule has 2 N–H and O–H groups in total. The van der Waals surface area contributed by atoms with Crippen molar-refractivity contribution >= 4 is 44.5 Å². The first-order valence-corrected chi connectivity index (χ1v) is 8.89. The molecule has 3 rings (SSSR count). The van der Waals surface area contributed by atoms with Crippen molar-refractivity contribution in [2.45, 2.75) is 17.4 Å². The van der Waals surface area contributed by atoms with Crippen molar-refractivity contribution in [3.63, 3.8) is 0 Å². The molecule has 0 aliphatic carbocycles. The van der Waals surface area contributed by atoms with Crippen molar-refractivity contribution < 1.29 is 13.4 Å². The third kappa shape index (κ3) is 2.79. The molecule has 1 aromatic carbocycles. The minimum atomic E-state index is -3.57. The fourth-order valence-corrected chi connectivity index (χ4v) is 3.90. The quantitative estimate of drug-likeness (QED) is 0.622. The van der Waals surface area contributed by atoms with Crippen LogP contribution in [0.4, 0.5) is 17.1 Å². The second kappa shape index (κ2) is 6.06. The van der Waals surface area contributed by atoms with Gasteiger partial charge in [-0.05, 0) is 30.8 Å². The molecule has 0 aromatic heterocycles. The summed E-state index contributed by atoms with van der Waals surface area (Å²) >= 11 is 4.66. The first-order valence-electron chi connectivity index (χ1n) is 7.04. The van der Waals surface area contributed by atoms with E-state index in [1.807, 2.05) is 0 Å². The van der Waals surface area contributed by atoms with Gasteiger partial charge in [0.2, 0.25) is 10.0 Å². The second-order valence-electron chi connectivity index (χ2n) is 5.54. The molecule has 23 heavy (non-hydrogen) atoms. The molecular formula is C13H17N5O3S2.